The van der Waals surface area contributed by atoms with Crippen molar-refractivity contribution in [1.82, 2.24) is 10.3 Å². The number of nitrogens with zero attached hydrogens (tertiary/aromatic N) is 1. The van der Waals surface area contributed by atoms with E-state index in [0.717, 1.165) is 26.9 Å². The fraction of sp³-hybridized carbons (Fsp3) is 0.200. The van der Waals surface area contributed by atoms with E-state index in [1.807, 2.05) is 62.4 Å². The maximum atomic E-state index is 12.8. The first-order valence-corrected chi connectivity index (χ1v) is 10.5. The number of carbonyl (C=O) groups is 1. The summed E-state index contributed by atoms with van der Waals surface area (Å²) >= 11 is 9.21. The molecule has 0 aliphatic carbocycles. The van der Waals surface area contributed by atoms with Crippen LogP contribution >= 0.6 is 34.7 Å². The molecular weight excluding hydrogens is 384 g/mol. The zero-order chi connectivity index (χ0) is 18.5. The molecule has 1 heterocycles. The Bertz CT molecular complexity index is 893. The van der Waals surface area contributed by atoms with Gasteiger partial charge in [0.2, 0.25) is 0 Å². The van der Waals surface area contributed by atoms with Gasteiger partial charge in [0.1, 0.15) is 0 Å². The molecule has 0 spiro atoms. The summed E-state index contributed by atoms with van der Waals surface area (Å²) in [4.78, 5) is 18.2. The molecule has 0 saturated heterocycles. The van der Waals surface area contributed by atoms with Crippen LogP contribution in [-0.2, 0) is 5.75 Å². The maximum Gasteiger partial charge on any atom is 0.252 e. The summed E-state index contributed by atoms with van der Waals surface area (Å²) in [5.74, 6) is 0.673. The van der Waals surface area contributed by atoms with E-state index in [0.29, 0.717) is 10.6 Å². The lowest BCUT2D eigenvalue weighted by Crippen LogP contribution is -2.27. The van der Waals surface area contributed by atoms with Crippen LogP contribution in [0.15, 0.2) is 58.8 Å². The molecule has 3 rings (SSSR count). The van der Waals surface area contributed by atoms with Crippen LogP contribution in [0, 0.1) is 6.92 Å². The van der Waals surface area contributed by atoms with Gasteiger partial charge >= 0.3 is 0 Å². The molecule has 1 N–H and O–H groups in total. The van der Waals surface area contributed by atoms with Gasteiger partial charge in [-0.15, -0.1) is 23.1 Å². The van der Waals surface area contributed by atoms with Crippen LogP contribution in [0.1, 0.15) is 39.6 Å². The molecule has 0 fully saturated rings. The summed E-state index contributed by atoms with van der Waals surface area (Å²) in [6, 6.07) is 15.1. The quantitative estimate of drug-likeness (QED) is 0.523. The van der Waals surface area contributed by atoms with Crippen LogP contribution in [0.5, 0.6) is 0 Å². The number of hydrogen-bond acceptors (Lipinski definition) is 4. The van der Waals surface area contributed by atoms with Gasteiger partial charge in [-0.1, -0.05) is 35.9 Å². The second-order valence-corrected chi connectivity index (χ2v) is 8.41. The van der Waals surface area contributed by atoms with E-state index in [-0.39, 0.29) is 11.9 Å². The number of hydrogen-bond donors (Lipinski definition) is 1. The summed E-state index contributed by atoms with van der Waals surface area (Å²) in [6.07, 6.45) is 0. The molecule has 3 nitrogen and oxygen atoms in total. The van der Waals surface area contributed by atoms with Gasteiger partial charge in [-0.3, -0.25) is 4.79 Å². The SMILES string of the molecule is Cc1nc(CSc2ccccc2C(=O)NC(C)c2ccc(Cl)cc2)cs1. The van der Waals surface area contributed by atoms with Crippen LogP contribution < -0.4 is 5.32 Å². The number of carbonyl (C=O) groups excluding carboxylic acids is 1. The Morgan fingerprint density at radius 3 is 2.65 bits per heavy atom. The van der Waals surface area contributed by atoms with Gasteiger partial charge < -0.3 is 5.32 Å². The molecule has 134 valence electrons. The average molecular weight is 403 g/mol. The lowest BCUT2D eigenvalue weighted by molar-refractivity contribution is 0.0937. The molecule has 1 amide bonds. The van der Waals surface area contributed by atoms with Gasteiger partial charge in [-0.2, -0.15) is 0 Å². The van der Waals surface area contributed by atoms with Gasteiger partial charge in [0.05, 0.1) is 22.3 Å². The number of thioether (sulfide) groups is 1. The molecule has 0 radical (unpaired) electrons. The Balaban J connectivity index is 1.69. The highest BCUT2D eigenvalue weighted by atomic mass is 35.5. The van der Waals surface area contributed by atoms with E-state index in [4.69, 9.17) is 11.6 Å². The zero-order valence-corrected chi connectivity index (χ0v) is 16.9. The van der Waals surface area contributed by atoms with E-state index in [9.17, 15) is 4.79 Å². The lowest BCUT2D eigenvalue weighted by atomic mass is 10.1. The molecule has 0 aliphatic heterocycles. The highest BCUT2D eigenvalue weighted by Gasteiger charge is 2.15. The number of aryl methyl sites for hydroxylation is 1. The number of halogens is 1. The van der Waals surface area contributed by atoms with Crippen molar-refractivity contribution in [3.63, 3.8) is 0 Å². The monoisotopic (exact) mass is 402 g/mol. The van der Waals surface area contributed by atoms with Crippen molar-refractivity contribution in [3.05, 3.63) is 80.8 Å². The number of amides is 1. The zero-order valence-electron chi connectivity index (χ0n) is 14.5. The molecule has 2 aromatic carbocycles. The van der Waals surface area contributed by atoms with Crippen LogP contribution in [0.2, 0.25) is 5.02 Å². The number of rotatable bonds is 6. The first-order valence-electron chi connectivity index (χ1n) is 8.22. The van der Waals surface area contributed by atoms with E-state index >= 15 is 0 Å². The lowest BCUT2D eigenvalue weighted by Gasteiger charge is -2.16. The third-order valence-corrected chi connectivity index (χ3v) is 6.07. The highest BCUT2D eigenvalue weighted by Crippen LogP contribution is 2.27. The predicted octanol–water partition coefficient (Wildman–Crippen LogP) is 5.89. The Labute approximate surface area is 166 Å². The first kappa shape index (κ1) is 19.0. The van der Waals surface area contributed by atoms with Crippen molar-refractivity contribution in [2.75, 3.05) is 0 Å². The Kier molecular flexibility index (Phi) is 6.35. The highest BCUT2D eigenvalue weighted by molar-refractivity contribution is 7.98. The van der Waals surface area contributed by atoms with E-state index < -0.39 is 0 Å². The smallest absolute Gasteiger partial charge is 0.252 e. The van der Waals surface area contributed by atoms with E-state index in [2.05, 4.69) is 15.7 Å². The maximum absolute atomic E-state index is 12.8. The van der Waals surface area contributed by atoms with E-state index in [1.165, 1.54) is 0 Å². The Hall–Kier alpha value is -1.82. The Morgan fingerprint density at radius 2 is 1.96 bits per heavy atom. The van der Waals surface area contributed by atoms with Crippen molar-refractivity contribution >= 4 is 40.6 Å². The predicted molar refractivity (Wildman–Crippen MR) is 110 cm³/mol. The summed E-state index contributed by atoms with van der Waals surface area (Å²) < 4.78 is 0. The van der Waals surface area contributed by atoms with Gasteiger partial charge in [0, 0.05) is 21.1 Å². The average Bonchev–Trinajstić information content (AvgIpc) is 3.06. The van der Waals surface area contributed by atoms with Crippen molar-refractivity contribution < 1.29 is 4.79 Å². The Morgan fingerprint density at radius 1 is 1.23 bits per heavy atom. The number of benzene rings is 2. The van der Waals surface area contributed by atoms with Crippen molar-refractivity contribution in [2.24, 2.45) is 0 Å². The second-order valence-electron chi connectivity index (χ2n) is 5.89. The third kappa shape index (κ3) is 4.87. The van der Waals surface area contributed by atoms with E-state index in [1.54, 1.807) is 23.1 Å². The summed E-state index contributed by atoms with van der Waals surface area (Å²) in [6.45, 7) is 3.97. The largest absolute Gasteiger partial charge is 0.345 e. The molecule has 3 aromatic rings. The van der Waals surface area contributed by atoms with Gasteiger partial charge in [-0.25, -0.2) is 4.98 Å². The van der Waals surface area contributed by atoms with Crippen LogP contribution in [0.4, 0.5) is 0 Å². The van der Waals surface area contributed by atoms with Crippen molar-refractivity contribution in [1.29, 1.82) is 0 Å². The van der Waals surface area contributed by atoms with Crippen LogP contribution in [-0.4, -0.2) is 10.9 Å². The minimum atomic E-state index is -0.0981. The molecule has 1 aromatic heterocycles. The molecule has 6 heteroatoms. The van der Waals surface area contributed by atoms with Gasteiger partial charge in [0.15, 0.2) is 0 Å². The van der Waals surface area contributed by atoms with Crippen molar-refractivity contribution in [2.45, 2.75) is 30.5 Å². The fourth-order valence-electron chi connectivity index (χ4n) is 2.52. The normalized spacial score (nSPS) is 12.0. The molecule has 1 unspecified atom stereocenters. The molecule has 0 aliphatic rings. The minimum Gasteiger partial charge on any atom is -0.345 e. The minimum absolute atomic E-state index is 0.0787. The molecular formula is C20H19ClN2OS2. The summed E-state index contributed by atoms with van der Waals surface area (Å²) in [7, 11) is 0. The molecule has 1 atom stereocenters. The van der Waals surface area contributed by atoms with Gasteiger partial charge in [-0.05, 0) is 43.7 Å². The first-order chi connectivity index (χ1) is 12.5. The topological polar surface area (TPSA) is 42.0 Å². The molecule has 0 bridgehead atoms. The van der Waals surface area contributed by atoms with Crippen molar-refractivity contribution in [3.8, 4) is 0 Å². The number of aromatic nitrogens is 1. The molecule has 0 saturated carbocycles. The fourth-order valence-corrected chi connectivity index (χ4v) is 4.30. The van der Waals surface area contributed by atoms with Crippen LogP contribution in [0.3, 0.4) is 0 Å². The molecule has 26 heavy (non-hydrogen) atoms. The summed E-state index contributed by atoms with van der Waals surface area (Å²) in [5.41, 5.74) is 2.75. The standard InChI is InChI=1S/C20H19ClN2OS2/c1-13(15-7-9-16(21)10-8-15)22-20(24)18-5-3-4-6-19(18)26-12-17-11-25-14(2)23-17/h3-11,13H,12H2,1-2H3,(H,22,24). The van der Waals surface area contributed by atoms with Crippen LogP contribution in [0.25, 0.3) is 0 Å². The number of nitrogens with one attached hydrogen (secondary N) is 1. The number of thiazole rings is 1. The second kappa shape index (κ2) is 8.71. The van der Waals surface area contributed by atoms with Gasteiger partial charge in [0.25, 0.3) is 5.91 Å². The summed E-state index contributed by atoms with van der Waals surface area (Å²) in [5, 5.41) is 6.87. The third-order valence-electron chi connectivity index (χ3n) is 3.89.